The molecule has 5 nitrogen and oxygen atoms in total. The first-order valence-corrected chi connectivity index (χ1v) is 4.96. The number of rotatable bonds is 2. The molecule has 0 amide bonds. The van der Waals surface area contributed by atoms with Gasteiger partial charge in [-0.25, -0.2) is 4.98 Å². The fourth-order valence-corrected chi connectivity index (χ4v) is 1.91. The average molecular weight is 221 g/mol. The van der Waals surface area contributed by atoms with Gasteiger partial charge in [0.2, 0.25) is 0 Å². The van der Waals surface area contributed by atoms with Crippen molar-refractivity contribution in [2.24, 2.45) is 0 Å². The van der Waals surface area contributed by atoms with Crippen molar-refractivity contribution in [2.45, 2.75) is 0 Å². The summed E-state index contributed by atoms with van der Waals surface area (Å²) in [6.45, 7) is 0. The van der Waals surface area contributed by atoms with Crippen LogP contribution in [0.15, 0.2) is 30.3 Å². The molecule has 6 heteroatoms. The molecule has 0 saturated heterocycles. The van der Waals surface area contributed by atoms with Crippen molar-refractivity contribution in [1.82, 2.24) is 4.98 Å². The van der Waals surface area contributed by atoms with Crippen LogP contribution in [0.25, 0.3) is 11.3 Å². The zero-order valence-electron chi connectivity index (χ0n) is 7.58. The van der Waals surface area contributed by atoms with E-state index >= 15 is 0 Å². The molecular formula is C9H7N3O2S. The van der Waals surface area contributed by atoms with Crippen LogP contribution in [0, 0.1) is 10.1 Å². The van der Waals surface area contributed by atoms with E-state index < -0.39 is 4.92 Å². The number of hydrogen-bond acceptors (Lipinski definition) is 5. The van der Waals surface area contributed by atoms with Gasteiger partial charge in [0.05, 0.1) is 4.92 Å². The van der Waals surface area contributed by atoms with Crippen molar-refractivity contribution in [3.63, 3.8) is 0 Å². The van der Waals surface area contributed by atoms with Crippen LogP contribution in [-0.2, 0) is 0 Å². The van der Waals surface area contributed by atoms with E-state index in [0.29, 0.717) is 11.3 Å². The molecule has 0 atom stereocenters. The minimum absolute atomic E-state index is 0.0151. The fraction of sp³-hybridized carbons (Fsp3) is 0. The van der Waals surface area contributed by atoms with Crippen LogP contribution < -0.4 is 5.73 Å². The summed E-state index contributed by atoms with van der Waals surface area (Å²) >= 11 is 0.885. The summed E-state index contributed by atoms with van der Waals surface area (Å²) in [6.07, 6.45) is 0. The monoisotopic (exact) mass is 221 g/mol. The van der Waals surface area contributed by atoms with Gasteiger partial charge in [-0.1, -0.05) is 30.3 Å². The number of hydrogen-bond donors (Lipinski definition) is 1. The Morgan fingerprint density at radius 1 is 1.33 bits per heavy atom. The first kappa shape index (κ1) is 9.60. The molecule has 1 aromatic heterocycles. The van der Waals surface area contributed by atoms with Crippen molar-refractivity contribution in [3.8, 4) is 11.3 Å². The Balaban J connectivity index is 2.58. The summed E-state index contributed by atoms with van der Waals surface area (Å²) in [5.41, 5.74) is 6.50. The highest BCUT2D eigenvalue weighted by molar-refractivity contribution is 7.19. The van der Waals surface area contributed by atoms with Gasteiger partial charge < -0.3 is 5.73 Å². The summed E-state index contributed by atoms with van der Waals surface area (Å²) in [5, 5.41) is 10.9. The van der Waals surface area contributed by atoms with E-state index in [1.807, 2.05) is 6.07 Å². The molecule has 15 heavy (non-hydrogen) atoms. The van der Waals surface area contributed by atoms with Crippen LogP contribution >= 0.6 is 11.3 Å². The Kier molecular flexibility index (Phi) is 2.34. The third kappa shape index (κ3) is 1.79. The second-order valence-corrected chi connectivity index (χ2v) is 3.84. The first-order valence-electron chi connectivity index (χ1n) is 4.14. The lowest BCUT2D eigenvalue weighted by Crippen LogP contribution is -1.88. The number of nitrogens with zero attached hydrogens (tertiary/aromatic N) is 2. The molecule has 0 aliphatic heterocycles. The van der Waals surface area contributed by atoms with Gasteiger partial charge in [0.1, 0.15) is 0 Å². The van der Waals surface area contributed by atoms with Crippen molar-refractivity contribution in [3.05, 3.63) is 40.4 Å². The quantitative estimate of drug-likeness (QED) is 0.623. The minimum atomic E-state index is -0.462. The zero-order chi connectivity index (χ0) is 10.8. The Hall–Kier alpha value is -1.95. The lowest BCUT2D eigenvalue weighted by molar-refractivity contribution is -0.379. The highest BCUT2D eigenvalue weighted by Crippen LogP contribution is 2.35. The van der Waals surface area contributed by atoms with E-state index in [0.717, 1.165) is 11.3 Å². The van der Waals surface area contributed by atoms with Crippen LogP contribution in [0.3, 0.4) is 0 Å². The average Bonchev–Trinajstić information content (AvgIpc) is 2.62. The van der Waals surface area contributed by atoms with Crippen molar-refractivity contribution in [2.75, 3.05) is 5.73 Å². The first-order chi connectivity index (χ1) is 7.18. The SMILES string of the molecule is Nc1nc(-c2ccccc2)c([N+](=O)[O-])s1. The topological polar surface area (TPSA) is 82.0 Å². The predicted molar refractivity (Wildman–Crippen MR) is 58.6 cm³/mol. The number of aromatic nitrogens is 1. The van der Waals surface area contributed by atoms with Gasteiger partial charge in [-0.3, -0.25) is 10.1 Å². The molecule has 0 spiro atoms. The standard InChI is InChI=1S/C9H7N3O2S/c10-9-11-7(8(15-9)12(13)14)6-4-2-1-3-5-6/h1-5H,(H2,10,11). The third-order valence-corrected chi connectivity index (χ3v) is 2.68. The van der Waals surface area contributed by atoms with E-state index in [9.17, 15) is 10.1 Å². The van der Waals surface area contributed by atoms with Gasteiger partial charge in [0.25, 0.3) is 0 Å². The highest BCUT2D eigenvalue weighted by atomic mass is 32.1. The normalized spacial score (nSPS) is 10.1. The van der Waals surface area contributed by atoms with E-state index in [2.05, 4.69) is 4.98 Å². The number of benzene rings is 1. The van der Waals surface area contributed by atoms with Gasteiger partial charge in [-0.05, 0) is 11.3 Å². The molecule has 2 N–H and O–H groups in total. The molecule has 76 valence electrons. The number of anilines is 1. The molecule has 0 saturated carbocycles. The van der Waals surface area contributed by atoms with Gasteiger partial charge >= 0.3 is 5.00 Å². The van der Waals surface area contributed by atoms with Crippen LogP contribution in [0.5, 0.6) is 0 Å². The van der Waals surface area contributed by atoms with Gasteiger partial charge in [0, 0.05) is 5.56 Å². The van der Waals surface area contributed by atoms with Gasteiger partial charge in [-0.2, -0.15) is 0 Å². The van der Waals surface area contributed by atoms with E-state index in [-0.39, 0.29) is 10.1 Å². The van der Waals surface area contributed by atoms with Crippen LogP contribution in [0.1, 0.15) is 0 Å². The number of nitro groups is 1. The maximum atomic E-state index is 10.7. The maximum Gasteiger partial charge on any atom is 0.353 e. The Bertz CT molecular complexity index is 495. The third-order valence-electron chi connectivity index (χ3n) is 1.84. The molecule has 1 heterocycles. The van der Waals surface area contributed by atoms with Gasteiger partial charge in [0.15, 0.2) is 10.8 Å². The smallest absolute Gasteiger partial charge is 0.353 e. The van der Waals surface area contributed by atoms with E-state index in [4.69, 9.17) is 5.73 Å². The Morgan fingerprint density at radius 2 is 2.00 bits per heavy atom. The number of thiazole rings is 1. The Morgan fingerprint density at radius 3 is 2.60 bits per heavy atom. The molecule has 0 aliphatic carbocycles. The maximum absolute atomic E-state index is 10.7. The van der Waals surface area contributed by atoms with Crippen molar-refractivity contribution < 1.29 is 4.92 Å². The molecule has 0 bridgehead atoms. The Labute approximate surface area is 89.3 Å². The van der Waals surface area contributed by atoms with Crippen LogP contribution in [0.2, 0.25) is 0 Å². The number of nitrogen functional groups attached to an aromatic ring is 1. The van der Waals surface area contributed by atoms with Crippen LogP contribution in [0.4, 0.5) is 10.1 Å². The van der Waals surface area contributed by atoms with E-state index in [1.165, 1.54) is 0 Å². The summed E-state index contributed by atoms with van der Waals surface area (Å²) in [4.78, 5) is 14.2. The molecule has 0 radical (unpaired) electrons. The van der Waals surface area contributed by atoms with Crippen LogP contribution in [-0.4, -0.2) is 9.91 Å². The highest BCUT2D eigenvalue weighted by Gasteiger charge is 2.21. The zero-order valence-corrected chi connectivity index (χ0v) is 8.40. The molecule has 0 aliphatic rings. The number of nitrogens with two attached hydrogens (primary N) is 1. The summed E-state index contributed by atoms with van der Waals surface area (Å²) in [5.74, 6) is 0. The lowest BCUT2D eigenvalue weighted by Gasteiger charge is -1.94. The summed E-state index contributed by atoms with van der Waals surface area (Å²) < 4.78 is 0. The summed E-state index contributed by atoms with van der Waals surface area (Å²) in [7, 11) is 0. The molecule has 2 aromatic rings. The second-order valence-electron chi connectivity index (χ2n) is 2.83. The van der Waals surface area contributed by atoms with Gasteiger partial charge in [-0.15, -0.1) is 0 Å². The molecule has 1 aromatic carbocycles. The molecule has 2 rings (SSSR count). The molecule has 0 fully saturated rings. The predicted octanol–water partition coefficient (Wildman–Crippen LogP) is 2.30. The molecular weight excluding hydrogens is 214 g/mol. The molecule has 0 unspecified atom stereocenters. The second kappa shape index (κ2) is 3.66. The van der Waals surface area contributed by atoms with Crippen molar-refractivity contribution in [1.29, 1.82) is 0 Å². The largest absolute Gasteiger partial charge is 0.375 e. The minimum Gasteiger partial charge on any atom is -0.375 e. The van der Waals surface area contributed by atoms with Crippen molar-refractivity contribution >= 4 is 21.5 Å². The lowest BCUT2D eigenvalue weighted by atomic mass is 10.2. The fourth-order valence-electron chi connectivity index (χ4n) is 1.24. The van der Waals surface area contributed by atoms with E-state index in [1.54, 1.807) is 24.3 Å². The summed E-state index contributed by atoms with van der Waals surface area (Å²) in [6, 6.07) is 8.97.